The number of Topliss-reactive ketones (excluding diaryl/α,β-unsaturated/α-hetero) is 1. The Morgan fingerprint density at radius 3 is 2.52 bits per heavy atom. The van der Waals surface area contributed by atoms with E-state index in [1.807, 2.05) is 18.3 Å². The van der Waals surface area contributed by atoms with Crippen molar-refractivity contribution in [2.45, 2.75) is 32.1 Å². The molecule has 4 bridgehead atoms. The maximum Gasteiger partial charge on any atom is 0.168 e. The van der Waals surface area contributed by atoms with E-state index in [0.29, 0.717) is 17.6 Å². The fourth-order valence-corrected chi connectivity index (χ4v) is 5.69. The fourth-order valence-electron chi connectivity index (χ4n) is 5.69. The molecule has 0 saturated heterocycles. The Kier molecular flexibility index (Phi) is 2.38. The number of aromatic amines is 1. The highest BCUT2D eigenvalue weighted by Crippen LogP contribution is 2.57. The number of nitrogens with zero attached hydrogens (tertiary/aromatic N) is 1. The summed E-state index contributed by atoms with van der Waals surface area (Å²) in [4.78, 5) is 20.6. The van der Waals surface area contributed by atoms with Crippen LogP contribution in [0.1, 0.15) is 42.5 Å². The van der Waals surface area contributed by atoms with Gasteiger partial charge in [0.1, 0.15) is 5.65 Å². The molecule has 6 rings (SSSR count). The van der Waals surface area contributed by atoms with Gasteiger partial charge in [0, 0.05) is 29.3 Å². The number of ketones is 1. The van der Waals surface area contributed by atoms with E-state index in [9.17, 15) is 4.79 Å². The van der Waals surface area contributed by atoms with Crippen LogP contribution in [0.15, 0.2) is 24.5 Å². The summed E-state index contributed by atoms with van der Waals surface area (Å²) in [5, 5.41) is 0.997. The molecule has 21 heavy (non-hydrogen) atoms. The molecule has 0 aromatic carbocycles. The number of fused-ring (bicyclic) bond motifs is 1. The minimum atomic E-state index is 0.275. The van der Waals surface area contributed by atoms with Crippen LogP contribution in [0, 0.1) is 29.6 Å². The van der Waals surface area contributed by atoms with Gasteiger partial charge in [0.2, 0.25) is 0 Å². The van der Waals surface area contributed by atoms with Crippen LogP contribution >= 0.6 is 0 Å². The van der Waals surface area contributed by atoms with Gasteiger partial charge in [-0.05, 0) is 67.9 Å². The Hall–Kier alpha value is -1.64. The predicted octanol–water partition coefficient (Wildman–Crippen LogP) is 3.82. The number of carbonyl (C=O) groups is 1. The molecule has 2 heterocycles. The van der Waals surface area contributed by atoms with Crippen molar-refractivity contribution in [3.63, 3.8) is 0 Å². The lowest BCUT2D eigenvalue weighted by molar-refractivity contribution is -0.0250. The van der Waals surface area contributed by atoms with Crippen LogP contribution in [-0.4, -0.2) is 15.8 Å². The van der Waals surface area contributed by atoms with Crippen LogP contribution in [-0.2, 0) is 0 Å². The molecular weight excluding hydrogens is 260 g/mol. The Bertz CT molecular complexity index is 689. The maximum atomic E-state index is 13.2. The molecule has 4 aliphatic rings. The minimum Gasteiger partial charge on any atom is -0.345 e. The van der Waals surface area contributed by atoms with Gasteiger partial charge in [-0.25, -0.2) is 4.98 Å². The first-order valence-corrected chi connectivity index (χ1v) is 8.26. The summed E-state index contributed by atoms with van der Waals surface area (Å²) in [5.41, 5.74) is 1.71. The topological polar surface area (TPSA) is 45.8 Å². The first-order valence-electron chi connectivity index (χ1n) is 8.26. The number of hydrogen-bond donors (Lipinski definition) is 1. The third-order valence-corrected chi connectivity index (χ3v) is 6.25. The van der Waals surface area contributed by atoms with E-state index >= 15 is 0 Å². The van der Waals surface area contributed by atoms with E-state index in [-0.39, 0.29) is 5.92 Å². The van der Waals surface area contributed by atoms with Gasteiger partial charge in [-0.15, -0.1) is 0 Å². The quantitative estimate of drug-likeness (QED) is 0.850. The number of pyridine rings is 1. The van der Waals surface area contributed by atoms with E-state index in [2.05, 4.69) is 9.97 Å². The second-order valence-electron chi connectivity index (χ2n) is 7.42. The smallest absolute Gasteiger partial charge is 0.168 e. The van der Waals surface area contributed by atoms with Crippen molar-refractivity contribution in [1.29, 1.82) is 0 Å². The fraction of sp³-hybridized carbons (Fsp3) is 0.556. The van der Waals surface area contributed by atoms with Gasteiger partial charge in [-0.2, -0.15) is 0 Å². The molecule has 0 spiro atoms. The van der Waals surface area contributed by atoms with Crippen LogP contribution in [0.4, 0.5) is 0 Å². The van der Waals surface area contributed by atoms with Gasteiger partial charge >= 0.3 is 0 Å². The Morgan fingerprint density at radius 2 is 1.81 bits per heavy atom. The first kappa shape index (κ1) is 12.0. The van der Waals surface area contributed by atoms with E-state index in [1.165, 1.54) is 32.1 Å². The van der Waals surface area contributed by atoms with Crippen molar-refractivity contribution in [3.8, 4) is 0 Å². The van der Waals surface area contributed by atoms with Crippen LogP contribution in [0.2, 0.25) is 0 Å². The lowest BCUT2D eigenvalue weighted by Gasteiger charge is -2.53. The van der Waals surface area contributed by atoms with Gasteiger partial charge < -0.3 is 4.98 Å². The van der Waals surface area contributed by atoms with Crippen molar-refractivity contribution >= 4 is 16.8 Å². The zero-order valence-corrected chi connectivity index (χ0v) is 12.1. The van der Waals surface area contributed by atoms with Crippen LogP contribution < -0.4 is 0 Å². The minimum absolute atomic E-state index is 0.275. The number of hydrogen-bond acceptors (Lipinski definition) is 2. The molecule has 3 nitrogen and oxygen atoms in total. The highest BCUT2D eigenvalue weighted by molar-refractivity contribution is 6.08. The van der Waals surface area contributed by atoms with Crippen molar-refractivity contribution in [3.05, 3.63) is 30.1 Å². The summed E-state index contributed by atoms with van der Waals surface area (Å²) >= 11 is 0. The van der Waals surface area contributed by atoms with E-state index in [0.717, 1.165) is 28.4 Å². The van der Waals surface area contributed by atoms with Gasteiger partial charge in [0.25, 0.3) is 0 Å². The third-order valence-electron chi connectivity index (χ3n) is 6.25. The van der Waals surface area contributed by atoms with Crippen molar-refractivity contribution < 1.29 is 4.79 Å². The Morgan fingerprint density at radius 1 is 1.10 bits per heavy atom. The number of carbonyl (C=O) groups excluding carboxylic acids is 1. The molecule has 0 amide bonds. The normalized spacial score (nSPS) is 37.2. The summed E-state index contributed by atoms with van der Waals surface area (Å²) in [6, 6.07) is 3.94. The summed E-state index contributed by atoms with van der Waals surface area (Å²) in [6.45, 7) is 0. The lowest BCUT2D eigenvalue weighted by atomic mass is 9.51. The van der Waals surface area contributed by atoms with E-state index < -0.39 is 0 Å². The predicted molar refractivity (Wildman–Crippen MR) is 81.0 cm³/mol. The monoisotopic (exact) mass is 280 g/mol. The van der Waals surface area contributed by atoms with Gasteiger partial charge in [-0.3, -0.25) is 4.79 Å². The first-order chi connectivity index (χ1) is 10.3. The maximum absolute atomic E-state index is 13.2. The number of nitrogens with one attached hydrogen (secondary N) is 1. The van der Waals surface area contributed by atoms with Crippen LogP contribution in [0.3, 0.4) is 0 Å². The van der Waals surface area contributed by atoms with Gasteiger partial charge in [0.05, 0.1) is 0 Å². The van der Waals surface area contributed by atoms with Gasteiger partial charge in [-0.1, -0.05) is 0 Å². The lowest BCUT2D eigenvalue weighted by Crippen LogP contribution is -2.48. The average molecular weight is 280 g/mol. The third kappa shape index (κ3) is 1.66. The summed E-state index contributed by atoms with van der Waals surface area (Å²) in [7, 11) is 0. The summed E-state index contributed by atoms with van der Waals surface area (Å²) in [6.07, 6.45) is 10.3. The van der Waals surface area contributed by atoms with E-state index in [4.69, 9.17) is 0 Å². The second kappa shape index (κ2) is 4.19. The van der Waals surface area contributed by atoms with E-state index in [1.54, 1.807) is 6.20 Å². The standard InChI is InChI=1S/C18H20N2O/c21-17(15-9-20-18-14(15)2-1-3-19-18)16-12-5-10-4-11(7-12)8-13(16)6-10/h1-3,9-13,16H,4-8H2,(H,19,20). The molecule has 2 aromatic heterocycles. The molecule has 0 unspecified atom stereocenters. The summed E-state index contributed by atoms with van der Waals surface area (Å²) in [5.74, 6) is 3.79. The average Bonchev–Trinajstić information content (AvgIpc) is 2.89. The van der Waals surface area contributed by atoms with Crippen molar-refractivity contribution in [1.82, 2.24) is 9.97 Å². The zero-order chi connectivity index (χ0) is 14.0. The molecule has 2 aromatic rings. The molecule has 108 valence electrons. The molecule has 4 saturated carbocycles. The van der Waals surface area contributed by atoms with Gasteiger partial charge in [0.15, 0.2) is 5.78 Å². The second-order valence-corrected chi connectivity index (χ2v) is 7.42. The zero-order valence-electron chi connectivity index (χ0n) is 12.1. The molecule has 0 radical (unpaired) electrons. The Labute approximate surface area is 124 Å². The van der Waals surface area contributed by atoms with Crippen molar-refractivity contribution in [2.75, 3.05) is 0 Å². The molecule has 4 fully saturated rings. The number of H-pyrrole nitrogens is 1. The summed E-state index contributed by atoms with van der Waals surface area (Å²) < 4.78 is 0. The van der Waals surface area contributed by atoms with Crippen LogP contribution in [0.5, 0.6) is 0 Å². The molecule has 4 aliphatic carbocycles. The molecular formula is C18H20N2O. The molecule has 0 atom stereocenters. The largest absolute Gasteiger partial charge is 0.345 e. The molecule has 0 aliphatic heterocycles. The highest BCUT2D eigenvalue weighted by atomic mass is 16.1. The Balaban J connectivity index is 1.54. The number of rotatable bonds is 2. The number of aromatic nitrogens is 2. The highest BCUT2D eigenvalue weighted by Gasteiger charge is 2.50. The van der Waals surface area contributed by atoms with Crippen molar-refractivity contribution in [2.24, 2.45) is 29.6 Å². The van der Waals surface area contributed by atoms with Crippen LogP contribution in [0.25, 0.3) is 11.0 Å². The molecule has 3 heteroatoms. The molecule has 1 N–H and O–H groups in total. The SMILES string of the molecule is O=C(c1c[nH]c2ncccc12)C1C2CC3CC(C2)CC1C3.